The fourth-order valence-electron chi connectivity index (χ4n) is 1.24. The number of benzene rings is 1. The fourth-order valence-corrected chi connectivity index (χ4v) is 1.24. The third kappa shape index (κ3) is 3.39. The molecular formula is C13H15NO2. The molecule has 1 rings (SSSR count). The smallest absolute Gasteiger partial charge is 0.327 e. The van der Waals surface area contributed by atoms with E-state index in [4.69, 9.17) is 10.00 Å². The molecule has 3 heteroatoms. The Balaban J connectivity index is 2.69. The number of hydrogen-bond donors (Lipinski definition) is 0. The van der Waals surface area contributed by atoms with Crippen LogP contribution in [0.5, 0.6) is 0 Å². The average molecular weight is 217 g/mol. The molecule has 0 saturated carbocycles. The van der Waals surface area contributed by atoms with Crippen LogP contribution in [0.25, 0.3) is 0 Å². The first kappa shape index (κ1) is 12.3. The van der Waals surface area contributed by atoms with E-state index in [1.807, 2.05) is 26.0 Å². The second-order valence-corrected chi connectivity index (χ2v) is 4.00. The van der Waals surface area contributed by atoms with Crippen LogP contribution >= 0.6 is 0 Å². The molecule has 0 fully saturated rings. The van der Waals surface area contributed by atoms with Crippen LogP contribution in [-0.4, -0.2) is 12.6 Å². The van der Waals surface area contributed by atoms with Gasteiger partial charge in [-0.2, -0.15) is 5.26 Å². The molecule has 0 aliphatic carbocycles. The van der Waals surface area contributed by atoms with E-state index < -0.39 is 11.9 Å². The van der Waals surface area contributed by atoms with E-state index in [1.165, 1.54) is 0 Å². The van der Waals surface area contributed by atoms with Gasteiger partial charge in [-0.3, -0.25) is 4.79 Å². The van der Waals surface area contributed by atoms with Crippen LogP contribution in [0.15, 0.2) is 30.3 Å². The summed E-state index contributed by atoms with van der Waals surface area (Å²) in [6, 6.07) is 10.9. The van der Waals surface area contributed by atoms with Crippen molar-refractivity contribution in [1.29, 1.82) is 5.26 Å². The Morgan fingerprint density at radius 2 is 2.00 bits per heavy atom. The van der Waals surface area contributed by atoms with Crippen molar-refractivity contribution in [2.45, 2.75) is 19.8 Å². The number of rotatable bonds is 4. The molecule has 0 heterocycles. The number of esters is 1. The van der Waals surface area contributed by atoms with E-state index in [9.17, 15) is 4.79 Å². The minimum absolute atomic E-state index is 0.277. The highest BCUT2D eigenvalue weighted by atomic mass is 16.5. The first-order chi connectivity index (χ1) is 7.65. The maximum Gasteiger partial charge on any atom is 0.327 e. The van der Waals surface area contributed by atoms with Crippen LogP contribution < -0.4 is 0 Å². The summed E-state index contributed by atoms with van der Waals surface area (Å²) in [5.41, 5.74) is 0.679. The molecule has 3 nitrogen and oxygen atoms in total. The van der Waals surface area contributed by atoms with Crippen molar-refractivity contribution in [3.05, 3.63) is 35.9 Å². The molecule has 0 N–H and O–H groups in total. The van der Waals surface area contributed by atoms with Crippen LogP contribution in [0.1, 0.15) is 25.3 Å². The zero-order valence-corrected chi connectivity index (χ0v) is 9.51. The molecule has 0 spiro atoms. The molecule has 0 bridgehead atoms. The fraction of sp³-hybridized carbons (Fsp3) is 0.385. The van der Waals surface area contributed by atoms with Crippen LogP contribution in [-0.2, 0) is 9.53 Å². The monoisotopic (exact) mass is 217 g/mol. The lowest BCUT2D eigenvalue weighted by Gasteiger charge is -2.11. The second kappa shape index (κ2) is 5.92. The van der Waals surface area contributed by atoms with Gasteiger partial charge in [0.1, 0.15) is 0 Å². The van der Waals surface area contributed by atoms with Crippen molar-refractivity contribution in [3.8, 4) is 6.07 Å². The highest BCUT2D eigenvalue weighted by molar-refractivity contribution is 5.81. The normalized spacial score (nSPS) is 11.9. The van der Waals surface area contributed by atoms with Crippen LogP contribution in [0.4, 0.5) is 0 Å². The molecule has 0 aromatic heterocycles. The summed E-state index contributed by atoms with van der Waals surface area (Å²) in [6.45, 7) is 4.26. The summed E-state index contributed by atoms with van der Waals surface area (Å²) in [7, 11) is 0. The van der Waals surface area contributed by atoms with Crippen LogP contribution in [0.2, 0.25) is 0 Å². The van der Waals surface area contributed by atoms with Gasteiger partial charge in [-0.15, -0.1) is 0 Å². The molecule has 0 aliphatic rings. The predicted molar refractivity (Wildman–Crippen MR) is 60.6 cm³/mol. The molecule has 1 aromatic carbocycles. The number of ether oxygens (including phenoxy) is 1. The SMILES string of the molecule is CC(C)COC(=O)C(C#N)c1ccccc1. The lowest BCUT2D eigenvalue weighted by Crippen LogP contribution is -2.17. The zero-order valence-electron chi connectivity index (χ0n) is 9.51. The van der Waals surface area contributed by atoms with Gasteiger partial charge >= 0.3 is 5.97 Å². The largest absolute Gasteiger partial charge is 0.464 e. The van der Waals surface area contributed by atoms with Crippen molar-refractivity contribution in [1.82, 2.24) is 0 Å². The summed E-state index contributed by atoms with van der Waals surface area (Å²) < 4.78 is 5.05. The number of hydrogen-bond acceptors (Lipinski definition) is 3. The highest BCUT2D eigenvalue weighted by Gasteiger charge is 2.21. The van der Waals surface area contributed by atoms with Crippen molar-refractivity contribution in [2.75, 3.05) is 6.61 Å². The number of nitriles is 1. The highest BCUT2D eigenvalue weighted by Crippen LogP contribution is 2.16. The van der Waals surface area contributed by atoms with E-state index in [0.29, 0.717) is 12.2 Å². The minimum atomic E-state index is -0.819. The lowest BCUT2D eigenvalue weighted by molar-refractivity contribution is -0.145. The van der Waals surface area contributed by atoms with Gasteiger partial charge in [0.15, 0.2) is 5.92 Å². The molecule has 1 aromatic rings. The second-order valence-electron chi connectivity index (χ2n) is 4.00. The maximum atomic E-state index is 11.6. The van der Waals surface area contributed by atoms with Crippen molar-refractivity contribution >= 4 is 5.97 Å². The van der Waals surface area contributed by atoms with Gasteiger partial charge in [0, 0.05) is 0 Å². The minimum Gasteiger partial charge on any atom is -0.464 e. The Morgan fingerprint density at radius 3 is 2.50 bits per heavy atom. The molecule has 0 radical (unpaired) electrons. The Hall–Kier alpha value is -1.82. The predicted octanol–water partition coefficient (Wildman–Crippen LogP) is 2.49. The van der Waals surface area contributed by atoms with Gasteiger partial charge in [-0.1, -0.05) is 44.2 Å². The maximum absolute atomic E-state index is 11.6. The summed E-state index contributed by atoms with van der Waals surface area (Å²) in [5, 5.41) is 8.96. The molecule has 16 heavy (non-hydrogen) atoms. The Bertz CT molecular complexity index is 379. The first-order valence-electron chi connectivity index (χ1n) is 5.26. The van der Waals surface area contributed by atoms with Crippen molar-refractivity contribution < 1.29 is 9.53 Å². The third-order valence-corrected chi connectivity index (χ3v) is 2.06. The van der Waals surface area contributed by atoms with E-state index in [0.717, 1.165) is 0 Å². The zero-order chi connectivity index (χ0) is 12.0. The van der Waals surface area contributed by atoms with E-state index in [2.05, 4.69) is 0 Å². The molecule has 0 amide bonds. The average Bonchev–Trinajstić information content (AvgIpc) is 2.29. The van der Waals surface area contributed by atoms with E-state index in [1.54, 1.807) is 24.3 Å². The standard InChI is InChI=1S/C13H15NO2/c1-10(2)9-16-13(15)12(8-14)11-6-4-3-5-7-11/h3-7,10,12H,9H2,1-2H3. The molecule has 84 valence electrons. The molecule has 0 saturated heterocycles. The molecule has 1 unspecified atom stereocenters. The van der Waals surface area contributed by atoms with Gasteiger partial charge in [-0.05, 0) is 11.5 Å². The third-order valence-electron chi connectivity index (χ3n) is 2.06. The van der Waals surface area contributed by atoms with Gasteiger partial charge in [0.25, 0.3) is 0 Å². The van der Waals surface area contributed by atoms with Gasteiger partial charge in [-0.25, -0.2) is 0 Å². The molecule has 1 atom stereocenters. The van der Waals surface area contributed by atoms with Gasteiger partial charge < -0.3 is 4.74 Å². The lowest BCUT2D eigenvalue weighted by atomic mass is 10.0. The number of carbonyl (C=O) groups is 1. The number of nitrogens with zero attached hydrogens (tertiary/aromatic N) is 1. The Morgan fingerprint density at radius 1 is 1.38 bits per heavy atom. The molecular weight excluding hydrogens is 202 g/mol. The van der Waals surface area contributed by atoms with Crippen LogP contribution in [0.3, 0.4) is 0 Å². The number of carbonyl (C=O) groups excluding carboxylic acids is 1. The van der Waals surface area contributed by atoms with Gasteiger partial charge in [0.2, 0.25) is 0 Å². The Labute approximate surface area is 95.7 Å². The first-order valence-corrected chi connectivity index (χ1v) is 5.26. The van der Waals surface area contributed by atoms with Gasteiger partial charge in [0.05, 0.1) is 12.7 Å². The summed E-state index contributed by atoms with van der Waals surface area (Å²) in [6.07, 6.45) is 0. The summed E-state index contributed by atoms with van der Waals surface area (Å²) in [4.78, 5) is 11.6. The van der Waals surface area contributed by atoms with E-state index >= 15 is 0 Å². The topological polar surface area (TPSA) is 50.1 Å². The summed E-state index contributed by atoms with van der Waals surface area (Å²) in [5.74, 6) is -1.01. The quantitative estimate of drug-likeness (QED) is 0.728. The van der Waals surface area contributed by atoms with Crippen molar-refractivity contribution in [2.24, 2.45) is 5.92 Å². The summed E-state index contributed by atoms with van der Waals surface area (Å²) >= 11 is 0. The van der Waals surface area contributed by atoms with Crippen molar-refractivity contribution in [3.63, 3.8) is 0 Å². The van der Waals surface area contributed by atoms with Crippen LogP contribution in [0, 0.1) is 17.2 Å². The Kier molecular flexibility index (Phi) is 4.53. The van der Waals surface area contributed by atoms with E-state index in [-0.39, 0.29) is 5.92 Å². The molecule has 0 aliphatic heterocycles.